The van der Waals surface area contributed by atoms with Gasteiger partial charge in [0.2, 0.25) is 0 Å². The van der Waals surface area contributed by atoms with Gasteiger partial charge in [0.15, 0.2) is 0 Å². The van der Waals surface area contributed by atoms with Crippen molar-refractivity contribution in [3.05, 3.63) is 41.2 Å². The fourth-order valence-electron chi connectivity index (χ4n) is 2.17. The number of ether oxygens (including phenoxy) is 1. The molecule has 0 saturated carbocycles. The van der Waals surface area contributed by atoms with Crippen LogP contribution in [0.25, 0.3) is 0 Å². The number of hydrogen-bond acceptors (Lipinski definition) is 5. The predicted molar refractivity (Wildman–Crippen MR) is 89.3 cm³/mol. The van der Waals surface area contributed by atoms with Gasteiger partial charge in [-0.1, -0.05) is 0 Å². The monoisotopic (exact) mass is 380 g/mol. The lowest BCUT2D eigenvalue weighted by atomic mass is 9.99. The minimum Gasteiger partial charge on any atom is -0.489 e. The van der Waals surface area contributed by atoms with Crippen molar-refractivity contribution in [3.8, 4) is 5.75 Å². The maximum atomic E-state index is 12.4. The number of amides is 1. The van der Waals surface area contributed by atoms with Crippen LogP contribution in [-0.2, 0) is 15.5 Å². The summed E-state index contributed by atoms with van der Waals surface area (Å²) in [6, 6.07) is 4.96. The largest absolute Gasteiger partial charge is 0.489 e. The molecule has 3 N–H and O–H groups in total. The van der Waals surface area contributed by atoms with Gasteiger partial charge in [0, 0.05) is 24.2 Å². The molecule has 0 saturated heterocycles. The minimum atomic E-state index is -3.07. The Labute approximate surface area is 145 Å². The summed E-state index contributed by atoms with van der Waals surface area (Å²) in [5, 5.41) is 0. The maximum Gasteiger partial charge on any atom is 0.318 e. The third kappa shape index (κ3) is 5.29. The van der Waals surface area contributed by atoms with Crippen molar-refractivity contribution in [1.82, 2.24) is 4.90 Å². The van der Waals surface area contributed by atoms with Crippen LogP contribution < -0.4 is 10.5 Å². The molecule has 0 aromatic heterocycles. The maximum absolute atomic E-state index is 12.4. The lowest BCUT2D eigenvalue weighted by Crippen LogP contribution is -2.38. The lowest BCUT2D eigenvalue weighted by molar-refractivity contribution is 0.0575. The van der Waals surface area contributed by atoms with Gasteiger partial charge in [-0.15, -0.1) is 12.4 Å². The topological polar surface area (TPSA) is 102 Å². The molecule has 0 radical (unpaired) electrons. The van der Waals surface area contributed by atoms with Gasteiger partial charge < -0.3 is 20.3 Å². The number of benzene rings is 1. The fourth-order valence-corrected chi connectivity index (χ4v) is 2.44. The molecular formula is C14H19ClFN2O5P. The van der Waals surface area contributed by atoms with Gasteiger partial charge in [-0.2, -0.15) is 0 Å². The molecule has 0 fully saturated rings. The number of carbonyl (C=O) groups excluding carboxylic acids is 1. The lowest BCUT2D eigenvalue weighted by Gasteiger charge is -2.28. The molecule has 0 aliphatic carbocycles. The van der Waals surface area contributed by atoms with Gasteiger partial charge in [0.05, 0.1) is 6.33 Å². The Balaban J connectivity index is 0.00000288. The summed E-state index contributed by atoms with van der Waals surface area (Å²) in [7, 11) is -3.07. The van der Waals surface area contributed by atoms with E-state index in [9.17, 15) is 13.8 Å². The number of fused-ring (bicyclic) bond motifs is 1. The van der Waals surface area contributed by atoms with E-state index in [1.54, 1.807) is 18.2 Å². The van der Waals surface area contributed by atoms with Crippen LogP contribution in [-0.4, -0.2) is 42.1 Å². The summed E-state index contributed by atoms with van der Waals surface area (Å²) in [6.45, 7) is 0.280. The zero-order valence-electron chi connectivity index (χ0n) is 12.7. The smallest absolute Gasteiger partial charge is 0.318 e. The molecular weight excluding hydrogens is 362 g/mol. The van der Waals surface area contributed by atoms with Crippen LogP contribution in [0.2, 0.25) is 0 Å². The first kappa shape index (κ1) is 20.6. The molecule has 1 aliphatic heterocycles. The van der Waals surface area contributed by atoms with Gasteiger partial charge >= 0.3 is 8.25 Å². The van der Waals surface area contributed by atoms with E-state index < -0.39 is 8.25 Å². The summed E-state index contributed by atoms with van der Waals surface area (Å²) < 4.78 is 33.1. The molecule has 1 aromatic carbocycles. The zero-order valence-corrected chi connectivity index (χ0v) is 14.6. The average molecular weight is 381 g/mol. The van der Waals surface area contributed by atoms with E-state index in [1.165, 1.54) is 4.90 Å². The van der Waals surface area contributed by atoms with Gasteiger partial charge in [-0.25, -0.2) is 4.39 Å². The van der Waals surface area contributed by atoms with Crippen molar-refractivity contribution >= 4 is 26.6 Å². The number of nitrogens with two attached hydrogens (primary N) is 1. The molecule has 0 spiro atoms. The first-order valence-electron chi connectivity index (χ1n) is 6.94. The minimum absolute atomic E-state index is 0. The van der Waals surface area contributed by atoms with Crippen LogP contribution in [0.4, 0.5) is 4.39 Å². The number of rotatable bonds is 7. The van der Waals surface area contributed by atoms with E-state index in [0.29, 0.717) is 36.2 Å². The normalized spacial score (nSPS) is 15.5. The zero-order chi connectivity index (χ0) is 16.8. The molecule has 24 heavy (non-hydrogen) atoms. The number of halogens is 2. The van der Waals surface area contributed by atoms with Crippen LogP contribution >= 0.6 is 20.7 Å². The summed E-state index contributed by atoms with van der Waals surface area (Å²) in [5.41, 5.74) is 6.98. The summed E-state index contributed by atoms with van der Waals surface area (Å²) in [5.74, 6) is 0.252. The Morgan fingerprint density at radius 1 is 1.50 bits per heavy atom. The molecule has 0 bridgehead atoms. The number of hydrogen-bond donors (Lipinski definition) is 2. The third-order valence-corrected chi connectivity index (χ3v) is 3.81. The Morgan fingerprint density at radius 2 is 2.25 bits per heavy atom. The summed E-state index contributed by atoms with van der Waals surface area (Å²) in [6.07, 6.45) is 0.989. The van der Waals surface area contributed by atoms with E-state index in [1.807, 2.05) is 0 Å². The van der Waals surface area contributed by atoms with Gasteiger partial charge in [0.25, 0.3) is 5.91 Å². The van der Waals surface area contributed by atoms with Crippen LogP contribution in [0.1, 0.15) is 15.9 Å². The molecule has 10 heteroatoms. The Bertz CT molecular complexity index is 644. The van der Waals surface area contributed by atoms with Crippen LogP contribution in [0, 0.1) is 0 Å². The molecule has 1 atom stereocenters. The number of nitrogens with zero attached hydrogens (tertiary/aromatic N) is 1. The first-order chi connectivity index (χ1) is 11.0. The number of carbonyl (C=O) groups is 1. The van der Waals surface area contributed by atoms with E-state index in [-0.39, 0.29) is 38.2 Å². The van der Waals surface area contributed by atoms with Crippen molar-refractivity contribution < 1.29 is 27.9 Å². The molecule has 1 aromatic rings. The van der Waals surface area contributed by atoms with Crippen molar-refractivity contribution in [2.24, 2.45) is 5.73 Å². The highest BCUT2D eigenvalue weighted by Crippen LogP contribution is 2.25. The van der Waals surface area contributed by atoms with Crippen LogP contribution in [0.3, 0.4) is 0 Å². The SMILES string of the molecule is Cl.NC/C(=C\F)COc1ccc2c(c1)CCN(CO[PH](=O)O)C2=O. The highest BCUT2D eigenvalue weighted by Gasteiger charge is 2.25. The Kier molecular flexibility index (Phi) is 8.38. The van der Waals surface area contributed by atoms with Crippen molar-refractivity contribution in [3.63, 3.8) is 0 Å². The van der Waals surface area contributed by atoms with Gasteiger partial charge in [0.1, 0.15) is 19.1 Å². The van der Waals surface area contributed by atoms with E-state index >= 15 is 0 Å². The van der Waals surface area contributed by atoms with E-state index in [2.05, 4.69) is 4.52 Å². The predicted octanol–water partition coefficient (Wildman–Crippen LogP) is 1.65. The van der Waals surface area contributed by atoms with Crippen molar-refractivity contribution in [2.45, 2.75) is 6.42 Å². The van der Waals surface area contributed by atoms with Crippen molar-refractivity contribution in [2.75, 3.05) is 26.4 Å². The van der Waals surface area contributed by atoms with Gasteiger partial charge in [-0.3, -0.25) is 13.9 Å². The molecule has 1 aliphatic rings. The Morgan fingerprint density at radius 3 is 2.88 bits per heavy atom. The van der Waals surface area contributed by atoms with Crippen LogP contribution in [0.5, 0.6) is 5.75 Å². The van der Waals surface area contributed by atoms with E-state index in [4.69, 9.17) is 15.4 Å². The third-order valence-electron chi connectivity index (χ3n) is 3.43. The fraction of sp³-hybridized carbons (Fsp3) is 0.357. The first-order valence-corrected chi connectivity index (χ1v) is 8.20. The second kappa shape index (κ2) is 9.76. The highest BCUT2D eigenvalue weighted by atomic mass is 35.5. The summed E-state index contributed by atoms with van der Waals surface area (Å²) >= 11 is 0. The molecule has 1 unspecified atom stereocenters. The molecule has 1 amide bonds. The van der Waals surface area contributed by atoms with E-state index in [0.717, 1.165) is 5.56 Å². The second-order valence-corrected chi connectivity index (χ2v) is 5.76. The summed E-state index contributed by atoms with van der Waals surface area (Å²) in [4.78, 5) is 22.3. The standard InChI is InChI=1S/C14H18FN2O5P.ClH/c15-6-10(7-16)8-21-12-1-2-13-11(5-12)3-4-17(14(13)18)9-22-23(19)20;/h1-2,5-6,23H,3-4,7-9,16H2,(H,19,20);1H/b10-6+;. The van der Waals surface area contributed by atoms with Crippen LogP contribution in [0.15, 0.2) is 30.1 Å². The highest BCUT2D eigenvalue weighted by molar-refractivity contribution is 7.32. The Hall–Kier alpha value is -1.44. The average Bonchev–Trinajstić information content (AvgIpc) is 2.55. The molecule has 7 nitrogen and oxygen atoms in total. The quantitative estimate of drug-likeness (QED) is 0.697. The van der Waals surface area contributed by atoms with Crippen molar-refractivity contribution in [1.29, 1.82) is 0 Å². The molecule has 134 valence electrons. The molecule has 2 rings (SSSR count). The van der Waals surface area contributed by atoms with Gasteiger partial charge in [-0.05, 0) is 30.2 Å². The molecule has 1 heterocycles. The second-order valence-electron chi connectivity index (χ2n) is 4.94.